The van der Waals surface area contributed by atoms with Crippen molar-refractivity contribution in [3.63, 3.8) is 0 Å². The van der Waals surface area contributed by atoms with E-state index in [0.717, 1.165) is 21.2 Å². The molecule has 4 nitrogen and oxygen atoms in total. The number of benzene rings is 2. The van der Waals surface area contributed by atoms with Gasteiger partial charge in [0.05, 0.1) is 12.6 Å². The summed E-state index contributed by atoms with van der Waals surface area (Å²) >= 11 is 3.39. The Kier molecular flexibility index (Phi) is 6.59. The van der Waals surface area contributed by atoms with Crippen LogP contribution in [-0.2, 0) is 11.2 Å². The van der Waals surface area contributed by atoms with E-state index in [1.54, 1.807) is 6.07 Å². The zero-order valence-electron chi connectivity index (χ0n) is 13.3. The molecule has 2 aromatic carbocycles. The van der Waals surface area contributed by atoms with Crippen LogP contribution in [0.1, 0.15) is 16.7 Å². The summed E-state index contributed by atoms with van der Waals surface area (Å²) in [5, 5.41) is 3.99. The maximum Gasteiger partial charge on any atom is 0.244 e. The molecule has 0 fully saturated rings. The molecule has 5 heteroatoms. The number of aryl methyl sites for hydroxylation is 1. The third-order valence-corrected chi connectivity index (χ3v) is 3.65. The molecular formula is C19H17BrN2O2. The summed E-state index contributed by atoms with van der Waals surface area (Å²) < 4.78 is 6.32. The topological polar surface area (TPSA) is 50.7 Å². The Hall–Kier alpha value is -2.58. The van der Waals surface area contributed by atoms with Gasteiger partial charge in [0.25, 0.3) is 0 Å². The number of ether oxygens (including phenoxy) is 1. The number of carbonyl (C=O) groups is 1. The van der Waals surface area contributed by atoms with Gasteiger partial charge in [0.2, 0.25) is 5.91 Å². The number of hydrogen-bond acceptors (Lipinski definition) is 3. The van der Waals surface area contributed by atoms with Gasteiger partial charge in [-0.3, -0.25) is 4.79 Å². The number of nitrogens with zero attached hydrogens (tertiary/aromatic N) is 1. The van der Waals surface area contributed by atoms with Crippen molar-refractivity contribution < 1.29 is 9.53 Å². The number of halogens is 1. The van der Waals surface area contributed by atoms with E-state index in [1.807, 2.05) is 43.3 Å². The van der Waals surface area contributed by atoms with Gasteiger partial charge in [-0.2, -0.15) is 5.10 Å². The van der Waals surface area contributed by atoms with Crippen LogP contribution in [0.25, 0.3) is 0 Å². The van der Waals surface area contributed by atoms with Gasteiger partial charge in [0.15, 0.2) is 0 Å². The Bertz CT molecular complexity index is 777. The molecule has 1 N–H and O–H groups in total. The van der Waals surface area contributed by atoms with Gasteiger partial charge < -0.3 is 4.74 Å². The first kappa shape index (κ1) is 17.8. The molecule has 24 heavy (non-hydrogen) atoms. The molecule has 0 saturated carbocycles. The van der Waals surface area contributed by atoms with Crippen molar-refractivity contribution in [2.75, 3.05) is 6.61 Å². The van der Waals surface area contributed by atoms with Crippen molar-refractivity contribution in [2.45, 2.75) is 13.3 Å². The quantitative estimate of drug-likeness (QED) is 0.470. The van der Waals surface area contributed by atoms with E-state index in [0.29, 0.717) is 5.75 Å². The Morgan fingerprint density at radius 3 is 2.79 bits per heavy atom. The number of nitrogens with one attached hydrogen (secondary N) is 1. The van der Waals surface area contributed by atoms with Crippen molar-refractivity contribution in [1.29, 1.82) is 0 Å². The van der Waals surface area contributed by atoms with Crippen molar-refractivity contribution in [3.05, 3.63) is 63.6 Å². The van der Waals surface area contributed by atoms with Gasteiger partial charge >= 0.3 is 0 Å². The Balaban J connectivity index is 1.98. The summed E-state index contributed by atoms with van der Waals surface area (Å²) in [5.74, 6) is 2.84. The molecule has 2 aromatic rings. The van der Waals surface area contributed by atoms with E-state index >= 15 is 0 Å². The molecule has 0 spiro atoms. The second kappa shape index (κ2) is 8.90. The van der Waals surface area contributed by atoms with Gasteiger partial charge in [-0.15, -0.1) is 6.42 Å². The molecule has 0 aromatic heterocycles. The van der Waals surface area contributed by atoms with Crippen LogP contribution in [0.15, 0.2) is 52.0 Å². The average Bonchev–Trinajstić information content (AvgIpc) is 2.56. The second-order valence-corrected chi connectivity index (χ2v) is 6.05. The minimum Gasteiger partial charge on any atom is -0.480 e. The summed E-state index contributed by atoms with van der Waals surface area (Å²) in [6.07, 6.45) is 7.01. The maximum absolute atomic E-state index is 11.9. The fourth-order valence-electron chi connectivity index (χ4n) is 1.98. The summed E-state index contributed by atoms with van der Waals surface area (Å²) in [5.41, 5.74) is 5.33. The van der Waals surface area contributed by atoms with Crippen LogP contribution >= 0.6 is 15.9 Å². The molecule has 1 amide bonds. The number of amides is 1. The highest BCUT2D eigenvalue weighted by molar-refractivity contribution is 9.10. The van der Waals surface area contributed by atoms with Gasteiger partial charge in [0.1, 0.15) is 12.4 Å². The maximum atomic E-state index is 11.9. The zero-order chi connectivity index (χ0) is 17.4. The van der Waals surface area contributed by atoms with Crippen molar-refractivity contribution in [1.82, 2.24) is 5.43 Å². The SMILES string of the molecule is C#CCOc1ccc(Br)cc1/C=N/NC(=O)Cc1ccc(C)cc1. The first-order valence-electron chi connectivity index (χ1n) is 7.32. The van der Waals surface area contributed by atoms with Crippen LogP contribution < -0.4 is 10.2 Å². The lowest BCUT2D eigenvalue weighted by molar-refractivity contribution is -0.120. The van der Waals surface area contributed by atoms with Crippen molar-refractivity contribution in [2.24, 2.45) is 5.10 Å². The third kappa shape index (κ3) is 5.56. The van der Waals surface area contributed by atoms with E-state index in [4.69, 9.17) is 11.2 Å². The van der Waals surface area contributed by atoms with E-state index in [9.17, 15) is 4.79 Å². The predicted octanol–water partition coefficient (Wildman–Crippen LogP) is 3.46. The molecule has 0 unspecified atom stereocenters. The monoisotopic (exact) mass is 384 g/mol. The highest BCUT2D eigenvalue weighted by Crippen LogP contribution is 2.21. The van der Waals surface area contributed by atoms with Gasteiger partial charge in [0, 0.05) is 10.0 Å². The van der Waals surface area contributed by atoms with Gasteiger partial charge in [-0.25, -0.2) is 5.43 Å². The number of carbonyl (C=O) groups excluding carboxylic acids is 1. The predicted molar refractivity (Wildman–Crippen MR) is 99.1 cm³/mol. The lowest BCUT2D eigenvalue weighted by atomic mass is 10.1. The molecule has 0 aliphatic rings. The molecule has 0 aliphatic carbocycles. The molecule has 0 atom stereocenters. The fourth-order valence-corrected chi connectivity index (χ4v) is 2.35. The first-order chi connectivity index (χ1) is 11.6. The van der Waals surface area contributed by atoms with Crippen LogP contribution in [0.4, 0.5) is 0 Å². The van der Waals surface area contributed by atoms with Crippen LogP contribution in [0, 0.1) is 19.3 Å². The van der Waals surface area contributed by atoms with Gasteiger partial charge in [-0.05, 0) is 30.7 Å². The minimum absolute atomic E-state index is 0.169. The molecule has 0 aliphatic heterocycles. The normalized spacial score (nSPS) is 10.4. The van der Waals surface area contributed by atoms with E-state index < -0.39 is 0 Å². The van der Waals surface area contributed by atoms with E-state index in [2.05, 4.69) is 32.4 Å². The standard InChI is InChI=1S/C19H17BrN2O2/c1-3-10-24-18-9-8-17(20)12-16(18)13-21-22-19(23)11-15-6-4-14(2)5-7-15/h1,4-9,12-13H,10-11H2,2H3,(H,22,23)/b21-13+. The lowest BCUT2D eigenvalue weighted by Crippen LogP contribution is -2.19. The lowest BCUT2D eigenvalue weighted by Gasteiger charge is -2.06. The minimum atomic E-state index is -0.184. The molecule has 122 valence electrons. The zero-order valence-corrected chi connectivity index (χ0v) is 14.8. The highest BCUT2D eigenvalue weighted by Gasteiger charge is 2.04. The molecule has 2 rings (SSSR count). The Morgan fingerprint density at radius 1 is 1.33 bits per heavy atom. The smallest absolute Gasteiger partial charge is 0.244 e. The Morgan fingerprint density at radius 2 is 2.08 bits per heavy atom. The summed E-state index contributed by atoms with van der Waals surface area (Å²) in [7, 11) is 0. The van der Waals surface area contributed by atoms with Crippen LogP contribution in [0.5, 0.6) is 5.75 Å². The van der Waals surface area contributed by atoms with E-state index in [-0.39, 0.29) is 18.9 Å². The number of terminal acetylenes is 1. The summed E-state index contributed by atoms with van der Waals surface area (Å²) in [4.78, 5) is 11.9. The molecule has 0 saturated heterocycles. The second-order valence-electron chi connectivity index (χ2n) is 5.13. The largest absolute Gasteiger partial charge is 0.480 e. The third-order valence-electron chi connectivity index (χ3n) is 3.16. The number of hydrogen-bond donors (Lipinski definition) is 1. The first-order valence-corrected chi connectivity index (χ1v) is 8.11. The fraction of sp³-hybridized carbons (Fsp3) is 0.158. The highest BCUT2D eigenvalue weighted by atomic mass is 79.9. The number of rotatable bonds is 6. The summed E-state index contributed by atoms with van der Waals surface area (Å²) in [6, 6.07) is 13.3. The Labute approximate surface area is 150 Å². The van der Waals surface area contributed by atoms with Crippen molar-refractivity contribution in [3.8, 4) is 18.1 Å². The van der Waals surface area contributed by atoms with Crippen LogP contribution in [0.2, 0.25) is 0 Å². The molecule has 0 heterocycles. The van der Waals surface area contributed by atoms with Gasteiger partial charge in [-0.1, -0.05) is 51.7 Å². The van der Waals surface area contributed by atoms with Crippen LogP contribution in [-0.4, -0.2) is 18.7 Å². The summed E-state index contributed by atoms with van der Waals surface area (Å²) in [6.45, 7) is 2.17. The molecule has 0 radical (unpaired) electrons. The molecule has 0 bridgehead atoms. The molecular weight excluding hydrogens is 368 g/mol. The van der Waals surface area contributed by atoms with Crippen molar-refractivity contribution >= 4 is 28.1 Å². The average molecular weight is 385 g/mol. The van der Waals surface area contributed by atoms with E-state index in [1.165, 1.54) is 6.21 Å². The van der Waals surface area contributed by atoms with Crippen LogP contribution in [0.3, 0.4) is 0 Å². The number of hydrazone groups is 1.